The maximum atomic E-state index is 3.52. The van der Waals surface area contributed by atoms with E-state index in [-0.39, 0.29) is 0 Å². The minimum Gasteiger partial charge on any atom is -0.321 e. The van der Waals surface area contributed by atoms with Crippen LogP contribution in [-0.4, -0.2) is 39.0 Å². The second kappa shape index (κ2) is 6.25. The van der Waals surface area contributed by atoms with E-state index in [4.69, 9.17) is 0 Å². The van der Waals surface area contributed by atoms with Crippen molar-refractivity contribution in [1.82, 2.24) is 9.88 Å². The maximum Gasteiger partial charge on any atom is 0.126 e. The van der Waals surface area contributed by atoms with Crippen LogP contribution in [0.4, 0.5) is 0 Å². The monoisotopic (exact) mass is 318 g/mol. The average molecular weight is 319 g/mol. The van der Waals surface area contributed by atoms with Gasteiger partial charge in [0.1, 0.15) is 8.24 Å². The van der Waals surface area contributed by atoms with E-state index in [1.54, 1.807) is 5.57 Å². The summed E-state index contributed by atoms with van der Waals surface area (Å²) in [5, 5.41) is 3.52. The highest BCUT2D eigenvalue weighted by atomic mass is 28.3. The molecule has 124 valence electrons. The molecule has 1 N–H and O–H groups in total. The molecule has 3 rings (SSSR count). The molecule has 0 bridgehead atoms. The number of allylic oxidation sites excluding steroid dienone is 4. The van der Waals surface area contributed by atoms with Gasteiger partial charge in [0.05, 0.1) is 0 Å². The van der Waals surface area contributed by atoms with Crippen molar-refractivity contribution >= 4 is 8.24 Å². The van der Waals surface area contributed by atoms with Gasteiger partial charge in [0.25, 0.3) is 0 Å². The van der Waals surface area contributed by atoms with Gasteiger partial charge < -0.3 is 9.88 Å². The summed E-state index contributed by atoms with van der Waals surface area (Å²) in [6.45, 7) is 17.4. The molecule has 1 saturated carbocycles. The largest absolute Gasteiger partial charge is 0.321 e. The minimum atomic E-state index is -1.37. The van der Waals surface area contributed by atoms with Gasteiger partial charge in [0.2, 0.25) is 0 Å². The molecule has 4 unspecified atom stereocenters. The van der Waals surface area contributed by atoms with Crippen molar-refractivity contribution in [2.45, 2.75) is 45.8 Å². The Morgan fingerprint density at radius 1 is 1.23 bits per heavy atom. The number of piperazine rings is 1. The lowest BCUT2D eigenvalue weighted by molar-refractivity contribution is 0.344. The first-order valence-electron chi connectivity index (χ1n) is 9.27. The van der Waals surface area contributed by atoms with Crippen LogP contribution in [0, 0.1) is 23.7 Å². The zero-order chi connectivity index (χ0) is 15.9. The summed E-state index contributed by atoms with van der Waals surface area (Å²) in [6.07, 6.45) is 8.78. The van der Waals surface area contributed by atoms with Crippen molar-refractivity contribution < 1.29 is 0 Å². The highest BCUT2D eigenvalue weighted by Gasteiger charge is 2.51. The van der Waals surface area contributed by atoms with E-state index in [1.165, 1.54) is 32.6 Å². The zero-order valence-electron chi connectivity index (χ0n) is 15.1. The van der Waals surface area contributed by atoms with Gasteiger partial charge in [-0.2, -0.15) is 0 Å². The fourth-order valence-corrected chi connectivity index (χ4v) is 9.41. The molecule has 0 amide bonds. The van der Waals surface area contributed by atoms with E-state index >= 15 is 0 Å². The molecule has 22 heavy (non-hydrogen) atoms. The number of fused-ring (bicyclic) bond motifs is 1. The van der Waals surface area contributed by atoms with Gasteiger partial charge >= 0.3 is 0 Å². The van der Waals surface area contributed by atoms with E-state index in [0.717, 1.165) is 23.3 Å². The Labute approximate surface area is 138 Å². The molecular weight excluding hydrogens is 284 g/mol. The summed E-state index contributed by atoms with van der Waals surface area (Å²) < 4.78 is 2.88. The smallest absolute Gasteiger partial charge is 0.126 e. The first kappa shape index (κ1) is 16.5. The zero-order valence-corrected chi connectivity index (χ0v) is 16.1. The molecule has 0 aromatic rings. The van der Waals surface area contributed by atoms with Crippen LogP contribution in [0.5, 0.6) is 0 Å². The lowest BCUT2D eigenvalue weighted by atomic mass is 9.76. The van der Waals surface area contributed by atoms with Crippen LogP contribution >= 0.6 is 0 Å². The van der Waals surface area contributed by atoms with Crippen molar-refractivity contribution in [3.8, 4) is 0 Å². The summed E-state index contributed by atoms with van der Waals surface area (Å²) in [5.74, 6) is 3.16. The van der Waals surface area contributed by atoms with Crippen LogP contribution in [-0.2, 0) is 0 Å². The minimum absolute atomic E-state index is 0.697. The summed E-state index contributed by atoms with van der Waals surface area (Å²) in [5.41, 5.74) is 2.64. The van der Waals surface area contributed by atoms with Crippen LogP contribution < -0.4 is 5.32 Å². The molecule has 4 atom stereocenters. The standard InChI is InChI=1S/C19H34N2Si/c1-14(2)16-7-6-8-17-18(13-15(3)19(16)17)22(4,5)21-11-9-20-10-12-21/h6-8,14-15,17-20H,9-13H2,1-5H3. The molecule has 3 aliphatic rings. The molecular formula is C19H34N2Si. The third-order valence-corrected chi connectivity index (χ3v) is 11.1. The molecule has 2 fully saturated rings. The number of hydrogen-bond donors (Lipinski definition) is 1. The molecule has 3 heteroatoms. The van der Waals surface area contributed by atoms with Crippen molar-refractivity contribution in [3.63, 3.8) is 0 Å². The average Bonchev–Trinajstić information content (AvgIpc) is 2.86. The SMILES string of the molecule is CC(C)C1=CC=CC2C1C(C)CC2[Si](C)(C)N1CCNCC1. The predicted molar refractivity (Wildman–Crippen MR) is 98.5 cm³/mol. The molecule has 1 heterocycles. The molecule has 0 aromatic carbocycles. The quantitative estimate of drug-likeness (QED) is 0.794. The topological polar surface area (TPSA) is 15.3 Å². The Morgan fingerprint density at radius 3 is 2.55 bits per heavy atom. The highest BCUT2D eigenvalue weighted by molar-refractivity contribution is 6.76. The first-order chi connectivity index (χ1) is 10.4. The van der Waals surface area contributed by atoms with Gasteiger partial charge in [-0.05, 0) is 35.6 Å². The van der Waals surface area contributed by atoms with Crippen LogP contribution in [0.1, 0.15) is 27.2 Å². The lowest BCUT2D eigenvalue weighted by Crippen LogP contribution is -2.59. The Hall–Kier alpha value is -0.383. The summed E-state index contributed by atoms with van der Waals surface area (Å²) >= 11 is 0. The van der Waals surface area contributed by atoms with Crippen molar-refractivity contribution in [1.29, 1.82) is 0 Å². The van der Waals surface area contributed by atoms with Gasteiger partial charge in [-0.25, -0.2) is 0 Å². The van der Waals surface area contributed by atoms with E-state index in [2.05, 4.69) is 62.0 Å². The normalized spacial score (nSPS) is 36.5. The molecule has 0 radical (unpaired) electrons. The van der Waals surface area contributed by atoms with E-state index < -0.39 is 8.24 Å². The van der Waals surface area contributed by atoms with Gasteiger partial charge in [0.15, 0.2) is 0 Å². The fourth-order valence-electron chi connectivity index (χ4n) is 5.36. The highest BCUT2D eigenvalue weighted by Crippen LogP contribution is 2.55. The Balaban J connectivity index is 1.84. The van der Waals surface area contributed by atoms with Crippen molar-refractivity contribution in [3.05, 3.63) is 23.8 Å². The maximum absolute atomic E-state index is 3.52. The predicted octanol–water partition coefficient (Wildman–Crippen LogP) is 3.89. The number of nitrogens with zero attached hydrogens (tertiary/aromatic N) is 1. The number of hydrogen-bond acceptors (Lipinski definition) is 2. The molecule has 0 aromatic heterocycles. The first-order valence-corrected chi connectivity index (χ1v) is 12.3. The van der Waals surface area contributed by atoms with Gasteiger partial charge in [0, 0.05) is 26.2 Å². The number of rotatable bonds is 3. The third-order valence-electron chi connectivity index (χ3n) is 6.63. The number of nitrogens with one attached hydrogen (secondary N) is 1. The van der Waals surface area contributed by atoms with Gasteiger partial charge in [-0.1, -0.05) is 57.7 Å². The van der Waals surface area contributed by atoms with Crippen molar-refractivity contribution in [2.75, 3.05) is 26.2 Å². The molecule has 0 spiro atoms. The van der Waals surface area contributed by atoms with E-state index in [0.29, 0.717) is 5.92 Å². The fraction of sp³-hybridized carbons (Fsp3) is 0.789. The van der Waals surface area contributed by atoms with Gasteiger partial charge in [-0.15, -0.1) is 0 Å². The molecule has 2 nitrogen and oxygen atoms in total. The Kier molecular flexibility index (Phi) is 4.68. The van der Waals surface area contributed by atoms with Crippen LogP contribution in [0.2, 0.25) is 18.6 Å². The van der Waals surface area contributed by atoms with Crippen LogP contribution in [0.15, 0.2) is 23.8 Å². The van der Waals surface area contributed by atoms with Crippen LogP contribution in [0.3, 0.4) is 0 Å². The lowest BCUT2D eigenvalue weighted by Gasteiger charge is -2.46. The van der Waals surface area contributed by atoms with Gasteiger partial charge in [-0.3, -0.25) is 0 Å². The van der Waals surface area contributed by atoms with E-state index in [9.17, 15) is 0 Å². The summed E-state index contributed by atoms with van der Waals surface area (Å²) in [6, 6.07) is 0. The summed E-state index contributed by atoms with van der Waals surface area (Å²) in [4.78, 5) is 0. The molecule has 1 aliphatic heterocycles. The van der Waals surface area contributed by atoms with Crippen LogP contribution in [0.25, 0.3) is 0 Å². The second-order valence-corrected chi connectivity index (χ2v) is 13.2. The Bertz CT molecular complexity index is 460. The van der Waals surface area contributed by atoms with Crippen molar-refractivity contribution in [2.24, 2.45) is 23.7 Å². The summed E-state index contributed by atoms with van der Waals surface area (Å²) in [7, 11) is -1.37. The Morgan fingerprint density at radius 2 is 1.91 bits per heavy atom. The second-order valence-electron chi connectivity index (χ2n) is 8.52. The molecule has 1 saturated heterocycles. The third kappa shape index (κ3) is 2.76. The molecule has 2 aliphatic carbocycles. The van der Waals surface area contributed by atoms with E-state index in [1.807, 2.05) is 0 Å².